The fourth-order valence-electron chi connectivity index (χ4n) is 8.31. The molecule has 0 bridgehead atoms. The topological polar surface area (TPSA) is 270 Å². The van der Waals surface area contributed by atoms with Gasteiger partial charge in [-0.15, -0.1) is 0 Å². The number of sulfone groups is 2. The number of nitrogens with zero attached hydrogens (tertiary/aromatic N) is 8. The molecule has 412 valence electrons. The lowest BCUT2D eigenvalue weighted by molar-refractivity contribution is 0.0936. The Balaban J connectivity index is 0.000000226. The number of benzene rings is 4. The van der Waals surface area contributed by atoms with E-state index in [9.17, 15) is 35.2 Å². The van der Waals surface area contributed by atoms with Crippen LogP contribution in [-0.2, 0) is 19.7 Å². The second-order valence-electron chi connectivity index (χ2n) is 17.5. The zero-order chi connectivity index (χ0) is 55.7. The van der Waals surface area contributed by atoms with E-state index in [4.69, 9.17) is 18.9 Å². The molecule has 2 saturated heterocycles. The Labute approximate surface area is 450 Å². The molecule has 22 nitrogen and oxygen atoms in total. The van der Waals surface area contributed by atoms with Gasteiger partial charge < -0.3 is 28.7 Å². The lowest BCUT2D eigenvalue weighted by Crippen LogP contribution is -2.48. The summed E-state index contributed by atoms with van der Waals surface area (Å²) >= 11 is 0. The maximum atomic E-state index is 13.6. The highest BCUT2D eigenvalue weighted by Crippen LogP contribution is 2.38. The lowest BCUT2D eigenvalue weighted by atomic mass is 10.1. The summed E-state index contributed by atoms with van der Waals surface area (Å²) in [6.07, 6.45) is 6.18. The highest BCUT2D eigenvalue weighted by molar-refractivity contribution is 7.93. The molecule has 8 rings (SSSR count). The summed E-state index contributed by atoms with van der Waals surface area (Å²) in [6.45, 7) is 1.36. The molecule has 2 aromatic heterocycles. The van der Waals surface area contributed by atoms with Crippen molar-refractivity contribution in [2.24, 2.45) is 9.98 Å². The molecule has 0 spiro atoms. The van der Waals surface area contributed by atoms with E-state index in [1.165, 1.54) is 28.4 Å². The number of carbonyl (C=O) groups is 2. The minimum absolute atomic E-state index is 0.0303. The van der Waals surface area contributed by atoms with Crippen molar-refractivity contribution in [3.05, 3.63) is 145 Å². The molecular weight excluding hydrogens is 1050 g/mol. The minimum Gasteiger partial charge on any atom is -0.494 e. The number of halogens is 2. The molecule has 2 atom stereocenters. The van der Waals surface area contributed by atoms with Crippen LogP contribution >= 0.6 is 0 Å². The van der Waals surface area contributed by atoms with Crippen LogP contribution in [0.2, 0.25) is 0 Å². The first-order valence-corrected chi connectivity index (χ1v) is 27.7. The normalized spacial score (nSPS) is 15.9. The van der Waals surface area contributed by atoms with Crippen molar-refractivity contribution in [2.45, 2.75) is 36.2 Å². The summed E-state index contributed by atoms with van der Waals surface area (Å²) in [5.41, 5.74) is 11.7. The SMILES string of the molecule is COc1cccc(OC)c1N=C(CS(=O)(=O)[C@@H]1CCCN(c2ncc(F)cn2)C1)NNC(=O)c1ccccc1.COc1cccc(OC)c1N=C(CS(=O)(=O)[C@H]1CCCN(c2ncc(F)cn2)C1)NNC(=O)c1ccccc1. The molecule has 2 fully saturated rings. The number of para-hydroxylation sites is 2. The summed E-state index contributed by atoms with van der Waals surface area (Å²) in [7, 11) is -1.76. The maximum absolute atomic E-state index is 13.6. The van der Waals surface area contributed by atoms with Crippen molar-refractivity contribution in [1.29, 1.82) is 0 Å². The number of hydrazine groups is 2. The third kappa shape index (κ3) is 15.3. The van der Waals surface area contributed by atoms with Gasteiger partial charge in [-0.25, -0.2) is 55.5 Å². The standard InChI is InChI=1S/2C26H29FN6O5S/c2*1-37-21-11-6-12-22(38-2)24(21)30-23(31-32-25(34)18-8-4-3-5-9-18)17-39(35,36)20-10-7-13-33(16-20)26-28-14-19(27)15-29-26/h2*3-6,8-9,11-12,14-15,20H,7,10,13,16-17H2,1-2H3,(H,30,31)(H,32,34)/t2*20-/m10/s1. The van der Waals surface area contributed by atoms with E-state index in [2.05, 4.69) is 51.6 Å². The number of ether oxygens (including phenoxy) is 4. The van der Waals surface area contributed by atoms with E-state index in [1.54, 1.807) is 107 Å². The molecule has 6 aromatic rings. The van der Waals surface area contributed by atoms with Gasteiger partial charge in [0, 0.05) is 37.3 Å². The van der Waals surface area contributed by atoms with Crippen molar-refractivity contribution >= 4 is 66.4 Å². The second-order valence-corrected chi connectivity index (χ2v) is 22.0. The molecule has 0 saturated carbocycles. The van der Waals surface area contributed by atoms with Gasteiger partial charge in [-0.2, -0.15) is 0 Å². The summed E-state index contributed by atoms with van der Waals surface area (Å²) in [6, 6.07) is 27.0. The number of anilines is 2. The highest BCUT2D eigenvalue weighted by atomic mass is 32.2. The number of carbonyl (C=O) groups excluding carboxylic acids is 2. The van der Waals surface area contributed by atoms with E-state index in [-0.39, 0.29) is 48.0 Å². The number of nitrogens with one attached hydrogen (secondary N) is 4. The average Bonchev–Trinajstić information content (AvgIpc) is 3.48. The number of aromatic nitrogens is 4. The number of aliphatic imine (C=N–C) groups is 2. The van der Waals surface area contributed by atoms with Crippen LogP contribution in [0.25, 0.3) is 0 Å². The van der Waals surface area contributed by atoms with Crippen molar-refractivity contribution in [2.75, 3.05) is 75.9 Å². The van der Waals surface area contributed by atoms with Crippen LogP contribution in [0, 0.1) is 11.6 Å². The minimum atomic E-state index is -3.80. The van der Waals surface area contributed by atoms with Crippen LogP contribution in [0.15, 0.2) is 132 Å². The van der Waals surface area contributed by atoms with Crippen molar-refractivity contribution < 1.29 is 54.2 Å². The number of hydrogen-bond donors (Lipinski definition) is 4. The summed E-state index contributed by atoms with van der Waals surface area (Å²) in [5, 5.41) is -1.53. The van der Waals surface area contributed by atoms with Gasteiger partial charge in [0.2, 0.25) is 11.9 Å². The largest absolute Gasteiger partial charge is 0.494 e. The number of hydrogen-bond acceptors (Lipinski definition) is 18. The van der Waals surface area contributed by atoms with E-state index in [0.717, 1.165) is 24.8 Å². The maximum Gasteiger partial charge on any atom is 0.269 e. The highest BCUT2D eigenvalue weighted by Gasteiger charge is 2.35. The Kier molecular flexibility index (Phi) is 19.8. The number of methoxy groups -OCH3 is 4. The van der Waals surface area contributed by atoms with Crippen molar-refractivity contribution in [3.8, 4) is 23.0 Å². The number of amides is 2. The van der Waals surface area contributed by atoms with Gasteiger partial charge >= 0.3 is 0 Å². The fraction of sp³-hybridized carbons (Fsp3) is 0.308. The zero-order valence-corrected chi connectivity index (χ0v) is 44.6. The van der Waals surface area contributed by atoms with Crippen molar-refractivity contribution in [3.63, 3.8) is 0 Å². The predicted molar refractivity (Wildman–Crippen MR) is 289 cm³/mol. The molecule has 0 radical (unpaired) electrons. The Bertz CT molecular complexity index is 3020. The van der Waals surface area contributed by atoms with Gasteiger partial charge in [0.15, 0.2) is 31.3 Å². The average molecular weight is 1110 g/mol. The summed E-state index contributed by atoms with van der Waals surface area (Å²) in [4.78, 5) is 53.7. The molecule has 4 aromatic carbocycles. The molecule has 0 aliphatic carbocycles. The number of piperidine rings is 2. The van der Waals surface area contributed by atoms with Crippen LogP contribution < -0.4 is 50.5 Å². The van der Waals surface area contributed by atoms with E-state index in [0.29, 0.717) is 72.9 Å². The Morgan fingerprint density at radius 1 is 0.526 bits per heavy atom. The Morgan fingerprint density at radius 2 is 0.859 bits per heavy atom. The second kappa shape index (κ2) is 27.0. The van der Waals surface area contributed by atoms with Crippen molar-refractivity contribution in [1.82, 2.24) is 41.6 Å². The first kappa shape index (κ1) is 57.2. The van der Waals surface area contributed by atoms with E-state index < -0.39 is 65.1 Å². The molecule has 78 heavy (non-hydrogen) atoms. The molecule has 2 aliphatic rings. The molecule has 4 N–H and O–H groups in total. The van der Waals surface area contributed by atoms with Crippen LogP contribution in [0.4, 0.5) is 32.1 Å². The zero-order valence-electron chi connectivity index (χ0n) is 43.0. The van der Waals surface area contributed by atoms with Gasteiger partial charge in [0.25, 0.3) is 11.8 Å². The van der Waals surface area contributed by atoms with Crippen LogP contribution in [-0.4, -0.2) is 137 Å². The van der Waals surface area contributed by atoms with Gasteiger partial charge in [-0.1, -0.05) is 48.5 Å². The van der Waals surface area contributed by atoms with Gasteiger partial charge in [0.05, 0.1) is 63.7 Å². The number of amidine groups is 2. The first-order chi connectivity index (χ1) is 37.6. The molecule has 26 heteroatoms. The van der Waals surface area contributed by atoms with Gasteiger partial charge in [-0.05, 0) is 74.2 Å². The monoisotopic (exact) mass is 1110 g/mol. The smallest absolute Gasteiger partial charge is 0.269 e. The van der Waals surface area contributed by atoms with Crippen LogP contribution in [0.3, 0.4) is 0 Å². The first-order valence-electron chi connectivity index (χ1n) is 24.3. The molecule has 2 aliphatic heterocycles. The quantitative estimate of drug-likeness (QED) is 0.0539. The molecule has 4 heterocycles. The van der Waals surface area contributed by atoms with Crippen LogP contribution in [0.1, 0.15) is 46.4 Å². The molecule has 0 unspecified atom stereocenters. The third-order valence-corrected chi connectivity index (χ3v) is 16.4. The van der Waals surface area contributed by atoms with Gasteiger partial charge in [-0.3, -0.25) is 31.3 Å². The van der Waals surface area contributed by atoms with Gasteiger partial charge in [0.1, 0.15) is 57.5 Å². The third-order valence-electron chi connectivity index (χ3n) is 12.2. The lowest BCUT2D eigenvalue weighted by Gasteiger charge is -2.32. The fourth-order valence-corrected chi connectivity index (χ4v) is 11.7. The van der Waals surface area contributed by atoms with Crippen LogP contribution in [0.5, 0.6) is 23.0 Å². The van der Waals surface area contributed by atoms with E-state index >= 15 is 0 Å². The summed E-state index contributed by atoms with van der Waals surface area (Å²) < 4.78 is 103. The predicted octanol–water partition coefficient (Wildman–Crippen LogP) is 5.36. The summed E-state index contributed by atoms with van der Waals surface area (Å²) in [5.74, 6) is -1.20. The molecular formula is C52H58F2N12O10S2. The van der Waals surface area contributed by atoms with E-state index in [1.807, 2.05) is 0 Å². The number of rotatable bonds is 16. The molecule has 2 amide bonds. The Hall–Kier alpha value is -8.52. The Morgan fingerprint density at radius 3 is 1.18 bits per heavy atom.